The summed E-state index contributed by atoms with van der Waals surface area (Å²) in [6, 6.07) is 8.11. The Balaban J connectivity index is 2.31. The lowest BCUT2D eigenvalue weighted by atomic mass is 9.93. The summed E-state index contributed by atoms with van der Waals surface area (Å²) in [5.41, 5.74) is 4.12. The largest absolute Gasteiger partial charge is 0.365 e. The van der Waals surface area contributed by atoms with Crippen LogP contribution in [-0.2, 0) is 0 Å². The van der Waals surface area contributed by atoms with Crippen LogP contribution in [0.3, 0.4) is 0 Å². The van der Waals surface area contributed by atoms with Gasteiger partial charge in [-0.1, -0.05) is 33.8 Å². The molecule has 20 heavy (non-hydrogen) atoms. The molecule has 1 aliphatic rings. The molecule has 1 fully saturated rings. The normalized spacial score (nSPS) is 23.7. The fourth-order valence-corrected chi connectivity index (χ4v) is 3.25. The van der Waals surface area contributed by atoms with Crippen molar-refractivity contribution in [3.63, 3.8) is 0 Å². The minimum atomic E-state index is 0.589. The van der Waals surface area contributed by atoms with Crippen molar-refractivity contribution in [2.24, 2.45) is 11.8 Å². The highest BCUT2D eigenvalue weighted by atomic mass is 15.2. The molecular weight excluding hydrogens is 244 g/mol. The van der Waals surface area contributed by atoms with Gasteiger partial charge in [-0.2, -0.15) is 0 Å². The summed E-state index contributed by atoms with van der Waals surface area (Å²) in [4.78, 5) is 2.63. The number of hydrogen-bond acceptors (Lipinski definition) is 2. The third-order valence-electron chi connectivity index (χ3n) is 4.50. The van der Waals surface area contributed by atoms with Gasteiger partial charge in [0.05, 0.1) is 0 Å². The summed E-state index contributed by atoms with van der Waals surface area (Å²) in [6.07, 6.45) is 0. The Kier molecular flexibility index (Phi) is 4.74. The number of rotatable bonds is 3. The van der Waals surface area contributed by atoms with E-state index >= 15 is 0 Å². The van der Waals surface area contributed by atoms with Crippen LogP contribution < -0.4 is 10.2 Å². The van der Waals surface area contributed by atoms with Crippen LogP contribution in [0.2, 0.25) is 0 Å². The van der Waals surface area contributed by atoms with Crippen LogP contribution in [-0.4, -0.2) is 25.2 Å². The van der Waals surface area contributed by atoms with Crippen LogP contribution in [0.4, 0.5) is 5.69 Å². The van der Waals surface area contributed by atoms with Crippen LogP contribution >= 0.6 is 0 Å². The molecule has 2 nitrogen and oxygen atoms in total. The molecule has 2 rings (SSSR count). The van der Waals surface area contributed by atoms with E-state index in [1.54, 1.807) is 0 Å². The first-order valence-electron chi connectivity index (χ1n) is 7.96. The number of aryl methyl sites for hydroxylation is 2. The molecule has 1 aliphatic heterocycles. The fourth-order valence-electron chi connectivity index (χ4n) is 3.25. The van der Waals surface area contributed by atoms with E-state index < -0.39 is 0 Å². The van der Waals surface area contributed by atoms with E-state index in [0.29, 0.717) is 23.9 Å². The molecule has 1 heterocycles. The molecule has 2 atom stereocenters. The van der Waals surface area contributed by atoms with E-state index in [0.717, 1.165) is 13.1 Å². The molecule has 0 aliphatic carbocycles. The van der Waals surface area contributed by atoms with Crippen LogP contribution in [0.25, 0.3) is 0 Å². The monoisotopic (exact) mass is 274 g/mol. The van der Waals surface area contributed by atoms with E-state index in [4.69, 9.17) is 0 Å². The first-order chi connectivity index (χ1) is 9.38. The predicted octanol–water partition coefficient (Wildman–Crippen LogP) is 3.76. The van der Waals surface area contributed by atoms with Crippen molar-refractivity contribution in [3.05, 3.63) is 29.3 Å². The number of nitrogens with zero attached hydrogens (tertiary/aromatic N) is 1. The van der Waals surface area contributed by atoms with Crippen molar-refractivity contribution in [3.8, 4) is 0 Å². The number of nitrogens with one attached hydrogen (secondary N) is 1. The summed E-state index contributed by atoms with van der Waals surface area (Å²) in [6.45, 7) is 15.9. The van der Waals surface area contributed by atoms with E-state index in [1.807, 2.05) is 0 Å². The standard InChI is InChI=1S/C18H30N2/c1-12(2)17-11-20(18(10-19-17)13(3)4)16-8-14(5)7-15(6)9-16/h7-9,12-13,17-19H,10-11H2,1-6H3. The van der Waals surface area contributed by atoms with Gasteiger partial charge < -0.3 is 10.2 Å². The zero-order valence-electron chi connectivity index (χ0n) is 13.9. The lowest BCUT2D eigenvalue weighted by Gasteiger charge is -2.45. The summed E-state index contributed by atoms with van der Waals surface area (Å²) in [5.74, 6) is 1.34. The second-order valence-corrected chi connectivity index (χ2v) is 7.07. The second kappa shape index (κ2) is 6.17. The highest BCUT2D eigenvalue weighted by molar-refractivity contribution is 5.52. The molecule has 1 N–H and O–H groups in total. The highest BCUT2D eigenvalue weighted by Crippen LogP contribution is 2.27. The van der Waals surface area contributed by atoms with E-state index in [1.165, 1.54) is 16.8 Å². The predicted molar refractivity (Wildman–Crippen MR) is 88.5 cm³/mol. The number of anilines is 1. The SMILES string of the molecule is Cc1cc(C)cc(N2CC(C(C)C)NCC2C(C)C)c1. The minimum absolute atomic E-state index is 0.589. The molecule has 2 unspecified atom stereocenters. The molecule has 0 spiro atoms. The molecule has 112 valence electrons. The van der Waals surface area contributed by atoms with Crippen molar-refractivity contribution in [1.82, 2.24) is 5.32 Å². The Morgan fingerprint density at radius 2 is 1.60 bits per heavy atom. The molecule has 0 bridgehead atoms. The molecular formula is C18H30N2. The van der Waals surface area contributed by atoms with E-state index in [9.17, 15) is 0 Å². The highest BCUT2D eigenvalue weighted by Gasteiger charge is 2.31. The molecule has 1 aromatic rings. The van der Waals surface area contributed by atoms with E-state index in [2.05, 4.69) is 70.0 Å². The van der Waals surface area contributed by atoms with Gasteiger partial charge in [-0.3, -0.25) is 0 Å². The maximum atomic E-state index is 3.74. The third-order valence-corrected chi connectivity index (χ3v) is 4.50. The zero-order valence-corrected chi connectivity index (χ0v) is 13.9. The van der Waals surface area contributed by atoms with Crippen LogP contribution in [0.1, 0.15) is 38.8 Å². The molecule has 1 saturated heterocycles. The average molecular weight is 274 g/mol. The second-order valence-electron chi connectivity index (χ2n) is 7.07. The van der Waals surface area contributed by atoms with Gasteiger partial charge in [-0.15, -0.1) is 0 Å². The number of benzene rings is 1. The van der Waals surface area contributed by atoms with Crippen LogP contribution in [0.5, 0.6) is 0 Å². The summed E-state index contributed by atoms with van der Waals surface area (Å²) in [5, 5.41) is 3.74. The van der Waals surface area contributed by atoms with Gasteiger partial charge in [0, 0.05) is 30.9 Å². The van der Waals surface area contributed by atoms with Gasteiger partial charge in [-0.25, -0.2) is 0 Å². The average Bonchev–Trinajstić information content (AvgIpc) is 2.36. The number of hydrogen-bond donors (Lipinski definition) is 1. The number of piperazine rings is 1. The third kappa shape index (κ3) is 3.35. The molecule has 2 heteroatoms. The Bertz CT molecular complexity index is 430. The fraction of sp³-hybridized carbons (Fsp3) is 0.667. The maximum Gasteiger partial charge on any atom is 0.0438 e. The van der Waals surface area contributed by atoms with Gasteiger partial charge >= 0.3 is 0 Å². The van der Waals surface area contributed by atoms with Crippen molar-refractivity contribution in [2.75, 3.05) is 18.0 Å². The summed E-state index contributed by atoms with van der Waals surface area (Å²) >= 11 is 0. The van der Waals surface area contributed by atoms with Crippen molar-refractivity contribution in [2.45, 2.75) is 53.6 Å². The molecule has 0 aromatic heterocycles. The minimum Gasteiger partial charge on any atom is -0.365 e. The maximum absolute atomic E-state index is 3.74. The smallest absolute Gasteiger partial charge is 0.0438 e. The van der Waals surface area contributed by atoms with Gasteiger partial charge in [0.1, 0.15) is 0 Å². The first-order valence-corrected chi connectivity index (χ1v) is 7.96. The Morgan fingerprint density at radius 3 is 2.10 bits per heavy atom. The lowest BCUT2D eigenvalue weighted by molar-refractivity contribution is 0.295. The molecule has 0 amide bonds. The molecule has 0 radical (unpaired) electrons. The van der Waals surface area contributed by atoms with Gasteiger partial charge in [0.15, 0.2) is 0 Å². The Labute approximate surface area is 124 Å². The van der Waals surface area contributed by atoms with E-state index in [-0.39, 0.29) is 0 Å². The van der Waals surface area contributed by atoms with Crippen molar-refractivity contribution in [1.29, 1.82) is 0 Å². The molecule has 1 aromatic carbocycles. The summed E-state index contributed by atoms with van der Waals surface area (Å²) < 4.78 is 0. The first kappa shape index (κ1) is 15.4. The van der Waals surface area contributed by atoms with Gasteiger partial charge in [0.25, 0.3) is 0 Å². The van der Waals surface area contributed by atoms with Gasteiger partial charge in [0.2, 0.25) is 0 Å². The van der Waals surface area contributed by atoms with Crippen molar-refractivity contribution < 1.29 is 0 Å². The summed E-state index contributed by atoms with van der Waals surface area (Å²) in [7, 11) is 0. The quantitative estimate of drug-likeness (QED) is 0.903. The lowest BCUT2D eigenvalue weighted by Crippen LogP contribution is -2.60. The topological polar surface area (TPSA) is 15.3 Å². The Hall–Kier alpha value is -1.02. The molecule has 0 saturated carbocycles. The van der Waals surface area contributed by atoms with Crippen molar-refractivity contribution >= 4 is 5.69 Å². The van der Waals surface area contributed by atoms with Gasteiger partial charge in [-0.05, 0) is 48.9 Å². The Morgan fingerprint density at radius 1 is 1.00 bits per heavy atom. The van der Waals surface area contributed by atoms with Crippen LogP contribution in [0, 0.1) is 25.7 Å². The van der Waals surface area contributed by atoms with Crippen LogP contribution in [0.15, 0.2) is 18.2 Å². The zero-order chi connectivity index (χ0) is 14.9.